The molecule has 2 aromatic heterocycles. The lowest BCUT2D eigenvalue weighted by atomic mass is 9.88. The predicted octanol–water partition coefficient (Wildman–Crippen LogP) is 3.70. The summed E-state index contributed by atoms with van der Waals surface area (Å²) in [4.78, 5) is 14.0. The lowest BCUT2D eigenvalue weighted by Gasteiger charge is -2.19. The number of fused-ring (bicyclic) bond motifs is 1. The fourth-order valence-corrected chi connectivity index (χ4v) is 5.65. The zero-order chi connectivity index (χ0) is 31.0. The van der Waals surface area contributed by atoms with Gasteiger partial charge in [-0.3, -0.25) is 4.57 Å². The molecule has 1 aliphatic heterocycles. The van der Waals surface area contributed by atoms with Crippen LogP contribution in [0.3, 0.4) is 0 Å². The van der Waals surface area contributed by atoms with Crippen molar-refractivity contribution in [2.24, 2.45) is 0 Å². The Morgan fingerprint density at radius 1 is 0.822 bits per heavy atom. The predicted molar refractivity (Wildman–Crippen MR) is 171 cm³/mol. The van der Waals surface area contributed by atoms with E-state index >= 15 is 0 Å². The van der Waals surface area contributed by atoms with Crippen LogP contribution >= 0.6 is 0 Å². The molecule has 5 aromatic rings. The van der Waals surface area contributed by atoms with Crippen LogP contribution in [0.2, 0.25) is 0 Å². The molecule has 6 rings (SSSR count). The molecule has 11 heteroatoms. The molecule has 1 saturated heterocycles. The average molecular weight is 611 g/mol. The van der Waals surface area contributed by atoms with E-state index in [2.05, 4.69) is 64.1 Å². The molecule has 234 valence electrons. The number of anilines is 2. The van der Waals surface area contributed by atoms with Crippen LogP contribution in [0.5, 0.6) is 0 Å². The summed E-state index contributed by atoms with van der Waals surface area (Å²) in [6.07, 6.45) is -2.11. The van der Waals surface area contributed by atoms with Crippen LogP contribution in [-0.4, -0.2) is 79.5 Å². The third kappa shape index (κ3) is 7.14. The van der Waals surface area contributed by atoms with Crippen LogP contribution in [0.25, 0.3) is 11.2 Å². The quantitative estimate of drug-likeness (QED) is 0.118. The molecule has 3 heterocycles. The summed E-state index contributed by atoms with van der Waals surface area (Å²) >= 11 is 0. The van der Waals surface area contributed by atoms with Gasteiger partial charge < -0.3 is 35.4 Å². The molecule has 0 unspecified atom stereocenters. The lowest BCUT2D eigenvalue weighted by molar-refractivity contribution is -0.0511. The number of imidazole rings is 1. The van der Waals surface area contributed by atoms with E-state index < -0.39 is 31.1 Å². The maximum Gasteiger partial charge on any atom is 0.226 e. The van der Waals surface area contributed by atoms with Crippen molar-refractivity contribution in [3.8, 4) is 0 Å². The van der Waals surface area contributed by atoms with Gasteiger partial charge in [-0.2, -0.15) is 9.97 Å². The summed E-state index contributed by atoms with van der Waals surface area (Å²) in [6, 6.07) is 30.8. The fraction of sp³-hybridized carbons (Fsp3) is 0.324. The molecule has 1 aliphatic rings. The number of benzene rings is 3. The Morgan fingerprint density at radius 3 is 2.13 bits per heavy atom. The molecule has 4 atom stereocenters. The summed E-state index contributed by atoms with van der Waals surface area (Å²) < 4.78 is 13.2. The Morgan fingerprint density at radius 2 is 1.49 bits per heavy atom. The molecule has 11 nitrogen and oxygen atoms in total. The molecule has 0 amide bonds. The second-order valence-electron chi connectivity index (χ2n) is 11.0. The first-order valence-corrected chi connectivity index (χ1v) is 15.2. The highest BCUT2D eigenvalue weighted by molar-refractivity contribution is 5.84. The summed E-state index contributed by atoms with van der Waals surface area (Å²) in [5, 5.41) is 37.4. The molecule has 0 radical (unpaired) electrons. The Balaban J connectivity index is 1.22. The first-order chi connectivity index (χ1) is 22.1. The average Bonchev–Trinajstić information content (AvgIpc) is 3.63. The van der Waals surface area contributed by atoms with Gasteiger partial charge in [0.1, 0.15) is 18.3 Å². The fourth-order valence-electron chi connectivity index (χ4n) is 5.65. The van der Waals surface area contributed by atoms with E-state index in [1.807, 2.05) is 42.5 Å². The van der Waals surface area contributed by atoms with E-state index in [9.17, 15) is 15.3 Å². The number of nitrogens with one attached hydrogen (secondary N) is 2. The van der Waals surface area contributed by atoms with Crippen molar-refractivity contribution in [1.82, 2.24) is 19.5 Å². The van der Waals surface area contributed by atoms with Gasteiger partial charge in [0.15, 0.2) is 23.2 Å². The van der Waals surface area contributed by atoms with Crippen molar-refractivity contribution in [3.63, 3.8) is 0 Å². The van der Waals surface area contributed by atoms with Crippen LogP contribution in [-0.2, 0) is 16.1 Å². The summed E-state index contributed by atoms with van der Waals surface area (Å²) in [5.41, 5.74) is 4.45. The third-order valence-corrected chi connectivity index (χ3v) is 7.98. The minimum atomic E-state index is -1.27. The zero-order valence-corrected chi connectivity index (χ0v) is 24.8. The summed E-state index contributed by atoms with van der Waals surface area (Å²) in [5.74, 6) is 1.05. The maximum atomic E-state index is 10.7. The Labute approximate surface area is 261 Å². The van der Waals surface area contributed by atoms with E-state index in [0.29, 0.717) is 49.2 Å². The topological polar surface area (TPSA) is 147 Å². The molecule has 0 bridgehead atoms. The van der Waals surface area contributed by atoms with Crippen LogP contribution in [0.15, 0.2) is 97.3 Å². The van der Waals surface area contributed by atoms with Gasteiger partial charge in [0.25, 0.3) is 0 Å². The number of aliphatic hydroxyl groups excluding tert-OH is 3. The van der Waals surface area contributed by atoms with Gasteiger partial charge in [0, 0.05) is 19.0 Å². The van der Waals surface area contributed by atoms with Gasteiger partial charge in [-0.25, -0.2) is 4.98 Å². The standard InChI is InChI=1S/C34H38N6O5/c41-20-27-29(42)30(43)33(45-27)40-22-37-28-31(35-17-16-26(24-12-6-2-7-13-24)25-14-8-3-9-15-25)38-34(39-32(28)40)36-18-19-44-21-23-10-4-1-5-11-23/h1-15,22,26-27,29-30,33,41-43H,16-21H2,(H2,35,36,38,39)/t27-,29-,30-,33-/m1/s1. The lowest BCUT2D eigenvalue weighted by Crippen LogP contribution is -2.33. The highest BCUT2D eigenvalue weighted by atomic mass is 16.6. The molecule has 3 aromatic carbocycles. The van der Waals surface area contributed by atoms with Crippen molar-refractivity contribution in [2.75, 3.05) is 36.9 Å². The van der Waals surface area contributed by atoms with E-state index in [1.54, 1.807) is 4.57 Å². The molecule has 1 fully saturated rings. The number of aromatic nitrogens is 4. The Hall–Kier alpha value is -4.39. The Bertz CT molecular complexity index is 1600. The largest absolute Gasteiger partial charge is 0.394 e. The van der Waals surface area contributed by atoms with Crippen LogP contribution in [0.1, 0.15) is 35.3 Å². The maximum absolute atomic E-state index is 10.7. The van der Waals surface area contributed by atoms with Crippen molar-refractivity contribution in [2.45, 2.75) is 43.5 Å². The molecule has 0 aliphatic carbocycles. The molecule has 45 heavy (non-hydrogen) atoms. The zero-order valence-electron chi connectivity index (χ0n) is 24.8. The van der Waals surface area contributed by atoms with Crippen molar-refractivity contribution in [1.29, 1.82) is 0 Å². The number of hydrogen-bond donors (Lipinski definition) is 5. The van der Waals surface area contributed by atoms with Crippen molar-refractivity contribution >= 4 is 22.9 Å². The number of aliphatic hydroxyl groups is 3. The minimum Gasteiger partial charge on any atom is -0.394 e. The first kappa shape index (κ1) is 30.6. The third-order valence-electron chi connectivity index (χ3n) is 7.98. The second-order valence-corrected chi connectivity index (χ2v) is 11.0. The smallest absolute Gasteiger partial charge is 0.226 e. The highest BCUT2D eigenvalue weighted by Gasteiger charge is 2.44. The molecule has 5 N–H and O–H groups in total. The van der Waals surface area contributed by atoms with Crippen LogP contribution < -0.4 is 10.6 Å². The van der Waals surface area contributed by atoms with Gasteiger partial charge in [-0.15, -0.1) is 0 Å². The molecule has 0 saturated carbocycles. The number of ether oxygens (including phenoxy) is 2. The molecular weight excluding hydrogens is 572 g/mol. The van der Waals surface area contributed by atoms with E-state index in [4.69, 9.17) is 19.4 Å². The van der Waals surface area contributed by atoms with E-state index in [0.717, 1.165) is 12.0 Å². The van der Waals surface area contributed by atoms with Crippen molar-refractivity contribution < 1.29 is 24.8 Å². The molecular formula is C34H38N6O5. The number of hydrogen-bond acceptors (Lipinski definition) is 10. The monoisotopic (exact) mass is 610 g/mol. The van der Waals surface area contributed by atoms with Gasteiger partial charge in [0.05, 0.1) is 26.1 Å². The highest BCUT2D eigenvalue weighted by Crippen LogP contribution is 2.33. The number of rotatable bonds is 14. The SMILES string of the molecule is OC[C@H]1O[C@@H](n2cnc3c(NCCC(c4ccccc4)c4ccccc4)nc(NCCOCc4ccccc4)nc32)[C@H](O)[C@@H]1O. The van der Waals surface area contributed by atoms with Gasteiger partial charge in [0.2, 0.25) is 5.95 Å². The molecule has 0 spiro atoms. The minimum absolute atomic E-state index is 0.174. The van der Waals surface area contributed by atoms with Crippen molar-refractivity contribution in [3.05, 3.63) is 114 Å². The van der Waals surface area contributed by atoms with E-state index in [1.165, 1.54) is 17.5 Å². The normalized spacial score (nSPS) is 19.7. The first-order valence-electron chi connectivity index (χ1n) is 15.2. The Kier molecular flexibility index (Phi) is 9.93. The van der Waals surface area contributed by atoms with E-state index in [-0.39, 0.29) is 5.92 Å². The van der Waals surface area contributed by atoms with Crippen LogP contribution in [0.4, 0.5) is 11.8 Å². The van der Waals surface area contributed by atoms with Gasteiger partial charge >= 0.3 is 0 Å². The van der Waals surface area contributed by atoms with Gasteiger partial charge in [-0.1, -0.05) is 91.0 Å². The summed E-state index contributed by atoms with van der Waals surface area (Å²) in [6.45, 7) is 1.56. The number of nitrogens with zero attached hydrogens (tertiary/aromatic N) is 4. The van der Waals surface area contributed by atoms with Gasteiger partial charge in [-0.05, 0) is 23.1 Å². The summed E-state index contributed by atoms with van der Waals surface area (Å²) in [7, 11) is 0. The van der Waals surface area contributed by atoms with Crippen LogP contribution in [0, 0.1) is 0 Å². The second kappa shape index (κ2) is 14.6.